The molecule has 0 radical (unpaired) electrons. The Kier molecular flexibility index (Phi) is 6.44. The largest absolute Gasteiger partial charge is 0.379 e. The molecular formula is C23H30N4O2. The fourth-order valence-corrected chi connectivity index (χ4v) is 3.85. The lowest BCUT2D eigenvalue weighted by molar-refractivity contribution is 0.0342. The van der Waals surface area contributed by atoms with Crippen molar-refractivity contribution >= 4 is 17.3 Å². The maximum atomic E-state index is 12.7. The number of rotatable bonds is 5. The van der Waals surface area contributed by atoms with E-state index in [0.29, 0.717) is 5.56 Å². The number of benzene rings is 2. The fourth-order valence-electron chi connectivity index (χ4n) is 3.85. The highest BCUT2D eigenvalue weighted by molar-refractivity contribution is 6.04. The summed E-state index contributed by atoms with van der Waals surface area (Å²) in [6.07, 6.45) is 0. The first-order valence-corrected chi connectivity index (χ1v) is 10.4. The maximum absolute atomic E-state index is 12.7. The third-order valence-electron chi connectivity index (χ3n) is 5.69. The lowest BCUT2D eigenvalue weighted by Crippen LogP contribution is -2.44. The standard InChI is InChI=1S/C23H30N4O2/c1-25-9-11-27(12-10-25)22-7-5-21(6-8-22)24-23(28)20-4-2-3-19(17-20)18-26-13-15-29-16-14-26/h2-8,17H,9-16,18H2,1H3,(H,24,28). The van der Waals surface area contributed by atoms with Gasteiger partial charge < -0.3 is 19.9 Å². The monoisotopic (exact) mass is 394 g/mol. The van der Waals surface area contributed by atoms with Gasteiger partial charge in [0.05, 0.1) is 13.2 Å². The van der Waals surface area contributed by atoms with Crippen molar-refractivity contribution in [2.75, 3.05) is 69.7 Å². The topological polar surface area (TPSA) is 48.0 Å². The molecule has 2 aromatic rings. The minimum absolute atomic E-state index is 0.0684. The minimum atomic E-state index is -0.0684. The van der Waals surface area contributed by atoms with Crippen LogP contribution >= 0.6 is 0 Å². The van der Waals surface area contributed by atoms with Crippen LogP contribution in [0.5, 0.6) is 0 Å². The molecule has 2 aliphatic heterocycles. The highest BCUT2D eigenvalue weighted by Gasteiger charge is 2.15. The Morgan fingerprint density at radius 2 is 1.69 bits per heavy atom. The van der Waals surface area contributed by atoms with Crippen LogP contribution in [0.1, 0.15) is 15.9 Å². The van der Waals surface area contributed by atoms with Crippen LogP contribution in [-0.4, -0.2) is 75.2 Å². The third kappa shape index (κ3) is 5.35. The van der Waals surface area contributed by atoms with Crippen molar-refractivity contribution < 1.29 is 9.53 Å². The molecular weight excluding hydrogens is 364 g/mol. The van der Waals surface area contributed by atoms with Gasteiger partial charge in [-0.15, -0.1) is 0 Å². The summed E-state index contributed by atoms with van der Waals surface area (Å²) >= 11 is 0. The summed E-state index contributed by atoms with van der Waals surface area (Å²) in [5.41, 5.74) is 3.89. The van der Waals surface area contributed by atoms with E-state index in [1.807, 2.05) is 30.3 Å². The molecule has 2 heterocycles. The Morgan fingerprint density at radius 3 is 2.41 bits per heavy atom. The first kappa shape index (κ1) is 19.9. The molecule has 0 unspecified atom stereocenters. The number of ether oxygens (including phenoxy) is 1. The van der Waals surface area contributed by atoms with Crippen molar-refractivity contribution in [3.63, 3.8) is 0 Å². The lowest BCUT2D eigenvalue weighted by atomic mass is 10.1. The summed E-state index contributed by atoms with van der Waals surface area (Å²) in [6, 6.07) is 16.1. The molecule has 2 saturated heterocycles. The highest BCUT2D eigenvalue weighted by Crippen LogP contribution is 2.20. The molecule has 0 aliphatic carbocycles. The van der Waals surface area contributed by atoms with Crippen LogP contribution < -0.4 is 10.2 Å². The molecule has 0 bridgehead atoms. The molecule has 154 valence electrons. The van der Waals surface area contributed by atoms with E-state index in [1.165, 1.54) is 5.69 Å². The fraction of sp³-hybridized carbons (Fsp3) is 0.435. The van der Waals surface area contributed by atoms with Gasteiger partial charge in [-0.05, 0) is 49.0 Å². The minimum Gasteiger partial charge on any atom is -0.379 e. The molecule has 0 atom stereocenters. The molecule has 4 rings (SSSR count). The molecule has 0 saturated carbocycles. The molecule has 1 N–H and O–H groups in total. The average Bonchev–Trinajstić information content (AvgIpc) is 2.76. The van der Waals surface area contributed by atoms with Crippen LogP contribution in [0.2, 0.25) is 0 Å². The Hall–Kier alpha value is -2.41. The molecule has 2 aromatic carbocycles. The second-order valence-electron chi connectivity index (χ2n) is 7.88. The Morgan fingerprint density at radius 1 is 0.966 bits per heavy atom. The quantitative estimate of drug-likeness (QED) is 0.845. The first-order valence-electron chi connectivity index (χ1n) is 10.4. The SMILES string of the molecule is CN1CCN(c2ccc(NC(=O)c3cccc(CN4CCOCC4)c3)cc2)CC1. The van der Waals surface area contributed by atoms with E-state index in [4.69, 9.17) is 4.74 Å². The van der Waals surface area contributed by atoms with Crippen LogP contribution in [0.3, 0.4) is 0 Å². The summed E-state index contributed by atoms with van der Waals surface area (Å²) in [5.74, 6) is -0.0684. The Bertz CT molecular complexity index is 810. The summed E-state index contributed by atoms with van der Waals surface area (Å²) in [7, 11) is 2.16. The van der Waals surface area contributed by atoms with Crippen LogP contribution in [-0.2, 0) is 11.3 Å². The number of hydrogen-bond acceptors (Lipinski definition) is 5. The normalized spacial score (nSPS) is 18.6. The Labute approximate surface area is 173 Å². The zero-order chi connectivity index (χ0) is 20.1. The molecule has 6 nitrogen and oxygen atoms in total. The number of likely N-dealkylation sites (N-methyl/N-ethyl adjacent to an activating group) is 1. The van der Waals surface area contributed by atoms with Gasteiger partial charge in [-0.2, -0.15) is 0 Å². The molecule has 2 fully saturated rings. The number of hydrogen-bond donors (Lipinski definition) is 1. The van der Waals surface area contributed by atoms with Gasteiger partial charge in [-0.25, -0.2) is 0 Å². The number of nitrogens with zero attached hydrogens (tertiary/aromatic N) is 3. The summed E-state index contributed by atoms with van der Waals surface area (Å²) < 4.78 is 5.41. The van der Waals surface area contributed by atoms with Gasteiger partial charge in [0.15, 0.2) is 0 Å². The van der Waals surface area contributed by atoms with Gasteiger partial charge in [0.1, 0.15) is 0 Å². The molecule has 1 amide bonds. The van der Waals surface area contributed by atoms with Crippen LogP contribution in [0.25, 0.3) is 0 Å². The maximum Gasteiger partial charge on any atom is 0.255 e. The van der Waals surface area contributed by atoms with Crippen molar-refractivity contribution in [2.24, 2.45) is 0 Å². The van der Waals surface area contributed by atoms with E-state index in [1.54, 1.807) is 0 Å². The van der Waals surface area contributed by atoms with E-state index in [9.17, 15) is 4.79 Å². The van der Waals surface area contributed by atoms with E-state index < -0.39 is 0 Å². The van der Waals surface area contributed by atoms with Gasteiger partial charge in [-0.3, -0.25) is 9.69 Å². The summed E-state index contributed by atoms with van der Waals surface area (Å²) in [6.45, 7) is 8.54. The second-order valence-corrected chi connectivity index (χ2v) is 7.88. The van der Waals surface area contributed by atoms with Crippen LogP contribution in [0, 0.1) is 0 Å². The van der Waals surface area contributed by atoms with E-state index in [2.05, 4.69) is 45.3 Å². The predicted octanol–water partition coefficient (Wildman–Crippen LogP) is 2.52. The van der Waals surface area contributed by atoms with E-state index >= 15 is 0 Å². The highest BCUT2D eigenvalue weighted by atomic mass is 16.5. The molecule has 0 aromatic heterocycles. The predicted molar refractivity (Wildman–Crippen MR) is 117 cm³/mol. The Balaban J connectivity index is 1.35. The first-order chi connectivity index (χ1) is 14.2. The number of carbonyl (C=O) groups is 1. The summed E-state index contributed by atoms with van der Waals surface area (Å²) in [5, 5.41) is 3.03. The van der Waals surface area contributed by atoms with Crippen LogP contribution in [0.15, 0.2) is 48.5 Å². The zero-order valence-corrected chi connectivity index (χ0v) is 17.1. The van der Waals surface area contributed by atoms with Gasteiger partial charge in [-0.1, -0.05) is 12.1 Å². The second kappa shape index (κ2) is 9.39. The van der Waals surface area contributed by atoms with Gasteiger partial charge in [0.25, 0.3) is 5.91 Å². The van der Waals surface area contributed by atoms with Crippen molar-refractivity contribution in [3.05, 3.63) is 59.7 Å². The van der Waals surface area contributed by atoms with Gasteiger partial charge in [0.2, 0.25) is 0 Å². The smallest absolute Gasteiger partial charge is 0.255 e. The number of amides is 1. The number of nitrogens with one attached hydrogen (secondary N) is 1. The van der Waals surface area contributed by atoms with Gasteiger partial charge >= 0.3 is 0 Å². The van der Waals surface area contributed by atoms with E-state index in [-0.39, 0.29) is 5.91 Å². The van der Waals surface area contributed by atoms with Crippen molar-refractivity contribution in [2.45, 2.75) is 6.54 Å². The molecule has 29 heavy (non-hydrogen) atoms. The average molecular weight is 395 g/mol. The zero-order valence-electron chi connectivity index (χ0n) is 17.1. The molecule has 6 heteroatoms. The van der Waals surface area contributed by atoms with Gasteiger partial charge in [0, 0.05) is 62.8 Å². The number of anilines is 2. The lowest BCUT2D eigenvalue weighted by Gasteiger charge is -2.34. The number of carbonyl (C=O) groups excluding carboxylic acids is 1. The van der Waals surface area contributed by atoms with E-state index in [0.717, 1.165) is 70.3 Å². The van der Waals surface area contributed by atoms with Crippen molar-refractivity contribution in [1.82, 2.24) is 9.80 Å². The number of morpholine rings is 1. The molecule has 2 aliphatic rings. The molecule has 0 spiro atoms. The third-order valence-corrected chi connectivity index (χ3v) is 5.69. The van der Waals surface area contributed by atoms with Crippen LogP contribution in [0.4, 0.5) is 11.4 Å². The summed E-state index contributed by atoms with van der Waals surface area (Å²) in [4.78, 5) is 19.8. The number of piperazine rings is 1. The van der Waals surface area contributed by atoms with Crippen molar-refractivity contribution in [1.29, 1.82) is 0 Å². The van der Waals surface area contributed by atoms with Crippen molar-refractivity contribution in [3.8, 4) is 0 Å².